The van der Waals surface area contributed by atoms with Crippen molar-refractivity contribution in [2.45, 2.75) is 26.2 Å². The van der Waals surface area contributed by atoms with Crippen molar-refractivity contribution < 1.29 is 14.6 Å². The number of carboxylic acids is 1. The van der Waals surface area contributed by atoms with Crippen molar-refractivity contribution >= 4 is 17.6 Å². The second-order valence-corrected chi connectivity index (χ2v) is 6.04. The molecule has 0 amide bonds. The lowest BCUT2D eigenvalue weighted by atomic mass is 9.87. The zero-order chi connectivity index (χ0) is 15.6. The summed E-state index contributed by atoms with van der Waals surface area (Å²) in [4.78, 5) is 15.0. The van der Waals surface area contributed by atoms with Gasteiger partial charge in [-0.15, -0.1) is 0 Å². The number of carbonyl (C=O) groups is 1. The molecule has 2 rings (SSSR count). The number of aromatic carboxylic acids is 1. The summed E-state index contributed by atoms with van der Waals surface area (Å²) in [6, 6.07) is 8.90. The molecular formula is C16H16ClNO3. The van der Waals surface area contributed by atoms with E-state index in [0.717, 1.165) is 5.56 Å². The van der Waals surface area contributed by atoms with Crippen LogP contribution in [0.25, 0.3) is 0 Å². The summed E-state index contributed by atoms with van der Waals surface area (Å²) in [5.41, 5.74) is 1.05. The Kier molecular flexibility index (Phi) is 4.19. The van der Waals surface area contributed by atoms with Crippen molar-refractivity contribution in [3.63, 3.8) is 0 Å². The number of rotatable bonds is 3. The quantitative estimate of drug-likeness (QED) is 0.905. The van der Waals surface area contributed by atoms with Crippen molar-refractivity contribution in [3.05, 3.63) is 52.7 Å². The SMILES string of the molecule is CC(C)(C)c1cccc(Oc2nccc(C(=O)O)c2Cl)c1. The average molecular weight is 306 g/mol. The van der Waals surface area contributed by atoms with E-state index >= 15 is 0 Å². The molecule has 2 aromatic rings. The number of pyridine rings is 1. The summed E-state index contributed by atoms with van der Waals surface area (Å²) in [5, 5.41) is 9.03. The van der Waals surface area contributed by atoms with Crippen LogP contribution < -0.4 is 4.74 Å². The van der Waals surface area contributed by atoms with Gasteiger partial charge in [-0.1, -0.05) is 44.5 Å². The fourth-order valence-electron chi connectivity index (χ4n) is 1.80. The van der Waals surface area contributed by atoms with Crippen LogP contribution in [-0.2, 0) is 5.41 Å². The van der Waals surface area contributed by atoms with Gasteiger partial charge in [0.1, 0.15) is 10.8 Å². The first kappa shape index (κ1) is 15.3. The van der Waals surface area contributed by atoms with Crippen LogP contribution in [0.5, 0.6) is 11.6 Å². The molecule has 0 saturated carbocycles. The third-order valence-electron chi connectivity index (χ3n) is 3.00. The van der Waals surface area contributed by atoms with E-state index in [1.165, 1.54) is 12.3 Å². The van der Waals surface area contributed by atoms with E-state index in [9.17, 15) is 4.79 Å². The number of aromatic nitrogens is 1. The standard InChI is InChI=1S/C16H16ClNO3/c1-16(2,3)10-5-4-6-11(9-10)21-14-13(17)12(15(19)20)7-8-18-14/h4-9H,1-3H3,(H,19,20). The largest absolute Gasteiger partial charge is 0.478 e. The Balaban J connectivity index is 2.35. The number of benzene rings is 1. The molecule has 0 aliphatic rings. The molecule has 1 aromatic heterocycles. The van der Waals surface area contributed by atoms with Gasteiger partial charge in [0.15, 0.2) is 0 Å². The molecule has 21 heavy (non-hydrogen) atoms. The molecule has 0 saturated heterocycles. The van der Waals surface area contributed by atoms with E-state index in [4.69, 9.17) is 21.4 Å². The summed E-state index contributed by atoms with van der Waals surface area (Å²) in [7, 11) is 0. The van der Waals surface area contributed by atoms with Crippen molar-refractivity contribution in [2.75, 3.05) is 0 Å². The van der Waals surface area contributed by atoms with E-state index in [-0.39, 0.29) is 21.9 Å². The lowest BCUT2D eigenvalue weighted by Gasteiger charge is -2.19. The van der Waals surface area contributed by atoms with E-state index < -0.39 is 5.97 Å². The predicted octanol–water partition coefficient (Wildman–Crippen LogP) is 4.52. The normalized spacial score (nSPS) is 11.2. The Labute approximate surface area is 128 Å². The first-order chi connectivity index (χ1) is 9.79. The van der Waals surface area contributed by atoms with Crippen LogP contribution >= 0.6 is 11.6 Å². The fraction of sp³-hybridized carbons (Fsp3) is 0.250. The highest BCUT2D eigenvalue weighted by Crippen LogP contribution is 2.32. The van der Waals surface area contributed by atoms with Gasteiger partial charge < -0.3 is 9.84 Å². The van der Waals surface area contributed by atoms with Crippen molar-refractivity contribution in [1.29, 1.82) is 0 Å². The molecule has 0 aliphatic heterocycles. The Morgan fingerprint density at radius 3 is 2.62 bits per heavy atom. The maximum atomic E-state index is 11.0. The molecule has 1 heterocycles. The maximum Gasteiger partial charge on any atom is 0.337 e. The molecule has 0 unspecified atom stereocenters. The van der Waals surface area contributed by atoms with E-state index in [1.807, 2.05) is 18.2 Å². The van der Waals surface area contributed by atoms with E-state index in [1.54, 1.807) is 6.07 Å². The van der Waals surface area contributed by atoms with Gasteiger partial charge in [-0.3, -0.25) is 0 Å². The first-order valence-electron chi connectivity index (χ1n) is 6.45. The Bertz CT molecular complexity index is 677. The van der Waals surface area contributed by atoms with Crippen LogP contribution in [0.2, 0.25) is 5.02 Å². The molecule has 110 valence electrons. The highest BCUT2D eigenvalue weighted by atomic mass is 35.5. The minimum Gasteiger partial charge on any atom is -0.478 e. The third kappa shape index (κ3) is 3.52. The monoisotopic (exact) mass is 305 g/mol. The maximum absolute atomic E-state index is 11.0. The molecule has 0 spiro atoms. The topological polar surface area (TPSA) is 59.4 Å². The molecule has 1 N–H and O–H groups in total. The number of hydrogen-bond donors (Lipinski definition) is 1. The van der Waals surface area contributed by atoms with Gasteiger partial charge >= 0.3 is 5.97 Å². The lowest BCUT2D eigenvalue weighted by Crippen LogP contribution is -2.10. The number of hydrogen-bond acceptors (Lipinski definition) is 3. The van der Waals surface area contributed by atoms with Gasteiger partial charge in [-0.05, 0) is 29.2 Å². The van der Waals surface area contributed by atoms with Gasteiger partial charge in [-0.25, -0.2) is 9.78 Å². The number of nitrogens with zero attached hydrogens (tertiary/aromatic N) is 1. The third-order valence-corrected chi connectivity index (χ3v) is 3.37. The number of carboxylic acid groups (broad SMARTS) is 1. The highest BCUT2D eigenvalue weighted by Gasteiger charge is 2.17. The van der Waals surface area contributed by atoms with Gasteiger partial charge in [0, 0.05) is 6.20 Å². The van der Waals surface area contributed by atoms with Gasteiger partial charge in [0.05, 0.1) is 5.56 Å². The summed E-state index contributed by atoms with van der Waals surface area (Å²) in [6.45, 7) is 6.30. The summed E-state index contributed by atoms with van der Waals surface area (Å²) >= 11 is 6.02. The highest BCUT2D eigenvalue weighted by molar-refractivity contribution is 6.34. The minimum absolute atomic E-state index is 0.00818. The Hall–Kier alpha value is -2.07. The van der Waals surface area contributed by atoms with E-state index in [2.05, 4.69) is 25.8 Å². The minimum atomic E-state index is -1.12. The fourth-order valence-corrected chi connectivity index (χ4v) is 2.03. The van der Waals surface area contributed by atoms with Crippen molar-refractivity contribution in [2.24, 2.45) is 0 Å². The summed E-state index contributed by atoms with van der Waals surface area (Å²) < 4.78 is 5.63. The molecule has 0 aliphatic carbocycles. The van der Waals surface area contributed by atoms with Crippen molar-refractivity contribution in [1.82, 2.24) is 4.98 Å². The molecule has 0 fully saturated rings. The van der Waals surface area contributed by atoms with Crippen LogP contribution in [0, 0.1) is 0 Å². The Morgan fingerprint density at radius 2 is 2.00 bits per heavy atom. The molecule has 0 bridgehead atoms. The molecule has 4 nitrogen and oxygen atoms in total. The van der Waals surface area contributed by atoms with E-state index in [0.29, 0.717) is 5.75 Å². The van der Waals surface area contributed by atoms with Crippen LogP contribution in [0.3, 0.4) is 0 Å². The molecule has 1 aromatic carbocycles. The average Bonchev–Trinajstić information content (AvgIpc) is 2.40. The molecular weight excluding hydrogens is 290 g/mol. The van der Waals surface area contributed by atoms with Crippen LogP contribution in [0.1, 0.15) is 36.7 Å². The van der Waals surface area contributed by atoms with Crippen LogP contribution in [0.15, 0.2) is 36.5 Å². The molecule has 5 heteroatoms. The zero-order valence-corrected chi connectivity index (χ0v) is 12.8. The summed E-state index contributed by atoms with van der Waals surface area (Å²) in [5.74, 6) is -0.460. The smallest absolute Gasteiger partial charge is 0.337 e. The van der Waals surface area contributed by atoms with Gasteiger partial charge in [0.25, 0.3) is 0 Å². The zero-order valence-electron chi connectivity index (χ0n) is 12.1. The second kappa shape index (κ2) is 5.74. The molecule has 0 radical (unpaired) electrons. The predicted molar refractivity (Wildman–Crippen MR) is 81.4 cm³/mol. The number of halogens is 1. The lowest BCUT2D eigenvalue weighted by molar-refractivity contribution is 0.0696. The number of ether oxygens (including phenoxy) is 1. The second-order valence-electron chi connectivity index (χ2n) is 5.66. The van der Waals surface area contributed by atoms with Crippen LogP contribution in [-0.4, -0.2) is 16.1 Å². The van der Waals surface area contributed by atoms with Gasteiger partial charge in [-0.2, -0.15) is 0 Å². The molecule has 0 atom stereocenters. The first-order valence-corrected chi connectivity index (χ1v) is 6.83. The Morgan fingerprint density at radius 1 is 1.29 bits per heavy atom. The van der Waals surface area contributed by atoms with Gasteiger partial charge in [0.2, 0.25) is 5.88 Å². The summed E-state index contributed by atoms with van der Waals surface area (Å²) in [6.07, 6.45) is 1.36. The van der Waals surface area contributed by atoms with Crippen molar-refractivity contribution in [3.8, 4) is 11.6 Å². The van der Waals surface area contributed by atoms with Crippen LogP contribution in [0.4, 0.5) is 0 Å².